The van der Waals surface area contributed by atoms with Crippen LogP contribution in [0.5, 0.6) is 0 Å². The van der Waals surface area contributed by atoms with Gasteiger partial charge in [-0.05, 0) is 46.6 Å². The molecule has 2 fully saturated rings. The van der Waals surface area contributed by atoms with E-state index in [4.69, 9.17) is 10.5 Å². The van der Waals surface area contributed by atoms with Crippen LogP contribution in [-0.4, -0.2) is 41.8 Å². The van der Waals surface area contributed by atoms with Gasteiger partial charge in [-0.2, -0.15) is 0 Å². The van der Waals surface area contributed by atoms with Gasteiger partial charge in [-0.3, -0.25) is 0 Å². The number of likely N-dealkylation sites (tertiary alicyclic amines) is 1. The lowest BCUT2D eigenvalue weighted by Gasteiger charge is -2.31. The lowest BCUT2D eigenvalue weighted by molar-refractivity contribution is -0.0781. The van der Waals surface area contributed by atoms with Crippen LogP contribution in [-0.2, 0) is 4.74 Å². The summed E-state index contributed by atoms with van der Waals surface area (Å²) >= 11 is 0. The second-order valence-electron chi connectivity index (χ2n) is 7.26. The molecule has 0 spiro atoms. The highest BCUT2D eigenvalue weighted by Gasteiger charge is 2.52. The highest BCUT2D eigenvalue weighted by molar-refractivity contribution is 5.05. The van der Waals surface area contributed by atoms with Crippen LogP contribution in [0.1, 0.15) is 47.5 Å². The third-order valence-corrected chi connectivity index (χ3v) is 5.06. The molecule has 18 heavy (non-hydrogen) atoms. The molecule has 0 bridgehead atoms. The molecule has 2 heterocycles. The van der Waals surface area contributed by atoms with Gasteiger partial charge in [-0.25, -0.2) is 0 Å². The van der Waals surface area contributed by atoms with Crippen LogP contribution in [0.4, 0.5) is 0 Å². The summed E-state index contributed by atoms with van der Waals surface area (Å²) < 4.78 is 6.17. The third kappa shape index (κ3) is 2.59. The fourth-order valence-electron chi connectivity index (χ4n) is 3.76. The zero-order valence-electron chi connectivity index (χ0n) is 12.7. The van der Waals surface area contributed by atoms with E-state index in [-0.39, 0.29) is 17.2 Å². The van der Waals surface area contributed by atoms with E-state index in [1.807, 2.05) is 0 Å². The van der Waals surface area contributed by atoms with Crippen LogP contribution in [0, 0.1) is 11.8 Å². The Labute approximate surface area is 112 Å². The smallest absolute Gasteiger partial charge is 0.0788 e. The molecule has 3 heteroatoms. The van der Waals surface area contributed by atoms with Gasteiger partial charge in [0.2, 0.25) is 0 Å². The summed E-state index contributed by atoms with van der Waals surface area (Å²) in [5, 5.41) is 0. The maximum atomic E-state index is 6.43. The first-order chi connectivity index (χ1) is 8.26. The van der Waals surface area contributed by atoms with Crippen molar-refractivity contribution >= 4 is 0 Å². The van der Waals surface area contributed by atoms with Crippen molar-refractivity contribution in [1.29, 1.82) is 0 Å². The van der Waals surface area contributed by atoms with Crippen LogP contribution in [0.2, 0.25) is 0 Å². The summed E-state index contributed by atoms with van der Waals surface area (Å²) in [5.41, 5.74) is 6.13. The van der Waals surface area contributed by atoms with E-state index in [9.17, 15) is 0 Å². The maximum Gasteiger partial charge on any atom is 0.0788 e. The maximum absolute atomic E-state index is 6.43. The van der Waals surface area contributed by atoms with E-state index in [0.29, 0.717) is 5.92 Å². The van der Waals surface area contributed by atoms with Crippen LogP contribution >= 0.6 is 0 Å². The van der Waals surface area contributed by atoms with Gasteiger partial charge in [0.05, 0.1) is 11.2 Å². The van der Waals surface area contributed by atoms with Crippen molar-refractivity contribution in [3.63, 3.8) is 0 Å². The van der Waals surface area contributed by atoms with Crippen molar-refractivity contribution in [1.82, 2.24) is 4.90 Å². The van der Waals surface area contributed by atoms with Gasteiger partial charge >= 0.3 is 0 Å². The molecule has 3 nitrogen and oxygen atoms in total. The minimum Gasteiger partial charge on any atom is -0.368 e. The Morgan fingerprint density at radius 2 is 1.89 bits per heavy atom. The van der Waals surface area contributed by atoms with E-state index >= 15 is 0 Å². The molecular weight excluding hydrogens is 224 g/mol. The third-order valence-electron chi connectivity index (χ3n) is 5.06. The number of nitrogens with zero attached hydrogens (tertiary/aromatic N) is 1. The molecule has 2 rings (SSSR count). The van der Waals surface area contributed by atoms with Crippen molar-refractivity contribution in [2.24, 2.45) is 17.6 Å². The molecule has 0 amide bonds. The summed E-state index contributed by atoms with van der Waals surface area (Å²) in [4.78, 5) is 2.59. The zero-order valence-corrected chi connectivity index (χ0v) is 12.7. The van der Waals surface area contributed by atoms with Gasteiger partial charge < -0.3 is 15.4 Å². The summed E-state index contributed by atoms with van der Waals surface area (Å²) in [6.07, 6.45) is 2.65. The molecule has 0 radical (unpaired) electrons. The van der Waals surface area contributed by atoms with Crippen molar-refractivity contribution < 1.29 is 4.74 Å². The first-order valence-electron chi connectivity index (χ1n) is 7.44. The second-order valence-corrected chi connectivity index (χ2v) is 7.26. The lowest BCUT2D eigenvalue weighted by Crippen LogP contribution is -2.47. The van der Waals surface area contributed by atoms with Crippen molar-refractivity contribution in [2.75, 3.05) is 19.6 Å². The Balaban J connectivity index is 2.00. The molecule has 3 atom stereocenters. The molecule has 0 aromatic heterocycles. The Morgan fingerprint density at radius 1 is 1.22 bits per heavy atom. The molecule has 2 N–H and O–H groups in total. The van der Waals surface area contributed by atoms with Crippen LogP contribution in [0.15, 0.2) is 0 Å². The molecule has 2 aliphatic heterocycles. The van der Waals surface area contributed by atoms with Gasteiger partial charge in [0.25, 0.3) is 0 Å². The molecule has 2 aliphatic rings. The molecule has 3 unspecified atom stereocenters. The van der Waals surface area contributed by atoms with Crippen LogP contribution in [0.3, 0.4) is 0 Å². The van der Waals surface area contributed by atoms with Crippen molar-refractivity contribution in [3.05, 3.63) is 0 Å². The zero-order chi connectivity index (χ0) is 13.6. The molecule has 106 valence electrons. The number of hydrogen-bond acceptors (Lipinski definition) is 3. The SMILES string of the molecule is CCC1CCN(CC2C(N)C(C)(C)OC2(C)C)C1. The van der Waals surface area contributed by atoms with Gasteiger partial charge in [-0.15, -0.1) is 0 Å². The second kappa shape index (κ2) is 4.77. The van der Waals surface area contributed by atoms with Gasteiger partial charge in [0.15, 0.2) is 0 Å². The molecule has 0 aromatic rings. The monoisotopic (exact) mass is 254 g/mol. The van der Waals surface area contributed by atoms with Crippen molar-refractivity contribution in [2.45, 2.75) is 64.7 Å². The Bertz CT molecular complexity index is 301. The summed E-state index contributed by atoms with van der Waals surface area (Å²) in [7, 11) is 0. The topological polar surface area (TPSA) is 38.5 Å². The molecule has 0 aliphatic carbocycles. The number of ether oxygens (including phenoxy) is 1. The Hall–Kier alpha value is -0.120. The van der Waals surface area contributed by atoms with E-state index < -0.39 is 0 Å². The predicted octanol–water partition coefficient (Wildman–Crippen LogP) is 2.25. The molecule has 0 aromatic carbocycles. The lowest BCUT2D eigenvalue weighted by atomic mass is 9.83. The Kier molecular flexibility index (Phi) is 3.79. The van der Waals surface area contributed by atoms with E-state index in [1.165, 1.54) is 25.9 Å². The fourth-order valence-corrected chi connectivity index (χ4v) is 3.76. The van der Waals surface area contributed by atoms with Gasteiger partial charge in [0, 0.05) is 25.0 Å². The van der Waals surface area contributed by atoms with Crippen molar-refractivity contribution in [3.8, 4) is 0 Å². The van der Waals surface area contributed by atoms with E-state index in [0.717, 1.165) is 12.5 Å². The standard InChI is InChI=1S/C15H30N2O/c1-6-11-7-8-17(9-11)10-12-13(16)15(4,5)18-14(12,2)3/h11-13H,6-10,16H2,1-5H3. The Morgan fingerprint density at radius 3 is 2.33 bits per heavy atom. The van der Waals surface area contributed by atoms with Crippen LogP contribution < -0.4 is 5.73 Å². The van der Waals surface area contributed by atoms with Gasteiger partial charge in [0.1, 0.15) is 0 Å². The quantitative estimate of drug-likeness (QED) is 0.839. The highest BCUT2D eigenvalue weighted by Crippen LogP contribution is 2.42. The summed E-state index contributed by atoms with van der Waals surface area (Å²) in [5.74, 6) is 1.32. The summed E-state index contributed by atoms with van der Waals surface area (Å²) in [6, 6.07) is 0.133. The first kappa shape index (κ1) is 14.3. The molecule has 0 saturated carbocycles. The van der Waals surface area contributed by atoms with Gasteiger partial charge in [-0.1, -0.05) is 13.3 Å². The largest absolute Gasteiger partial charge is 0.368 e. The minimum atomic E-state index is -0.196. The number of hydrogen-bond donors (Lipinski definition) is 1. The van der Waals surface area contributed by atoms with E-state index in [2.05, 4.69) is 39.5 Å². The molecule has 2 saturated heterocycles. The first-order valence-corrected chi connectivity index (χ1v) is 7.44. The minimum absolute atomic E-state index is 0.104. The number of rotatable bonds is 3. The highest BCUT2D eigenvalue weighted by atomic mass is 16.5. The van der Waals surface area contributed by atoms with E-state index in [1.54, 1.807) is 0 Å². The normalized spacial score (nSPS) is 39.3. The number of nitrogens with two attached hydrogens (primary N) is 1. The fraction of sp³-hybridized carbons (Fsp3) is 1.00. The average Bonchev–Trinajstić information content (AvgIpc) is 2.75. The molecular formula is C15H30N2O. The predicted molar refractivity (Wildman–Crippen MR) is 75.5 cm³/mol. The summed E-state index contributed by atoms with van der Waals surface area (Å²) in [6.45, 7) is 14.5. The van der Waals surface area contributed by atoms with Crippen LogP contribution in [0.25, 0.3) is 0 Å². The average molecular weight is 254 g/mol.